The highest BCUT2D eigenvalue weighted by atomic mass is 32.1. The highest BCUT2D eigenvalue weighted by molar-refractivity contribution is 7.20. The first kappa shape index (κ1) is 25.8. The van der Waals surface area contributed by atoms with Crippen molar-refractivity contribution in [3.05, 3.63) is 89.6 Å². The largest absolute Gasteiger partial charge is 0.497 e. The standard InChI is InChI=1S/C31H33N5OS/c1-31(2,3)28-25(22-11-8-12-24(18-22)37-4)26-27(38-28)30(36-29(35-26)21-13-15-33-16-14-21)34-19-23(32)17-20-9-6-5-7-10-20/h5-16,18,23H,17,19,32H2,1-4H3,(H,34,35,36)/t23-/m0/s1. The highest BCUT2D eigenvalue weighted by Crippen LogP contribution is 2.46. The average Bonchev–Trinajstić information content (AvgIpc) is 3.33. The summed E-state index contributed by atoms with van der Waals surface area (Å²) in [6.07, 6.45) is 4.32. The Kier molecular flexibility index (Phi) is 7.40. The second kappa shape index (κ2) is 10.9. The molecule has 0 aliphatic carbocycles. The molecule has 0 saturated carbocycles. The van der Waals surface area contributed by atoms with Crippen LogP contribution < -0.4 is 15.8 Å². The van der Waals surface area contributed by atoms with Crippen molar-refractivity contribution in [3.8, 4) is 28.3 Å². The number of nitrogens with two attached hydrogens (primary N) is 1. The molecule has 0 spiro atoms. The van der Waals surface area contributed by atoms with E-state index in [9.17, 15) is 0 Å². The van der Waals surface area contributed by atoms with E-state index in [-0.39, 0.29) is 11.5 Å². The molecule has 6 nitrogen and oxygen atoms in total. The van der Waals surface area contributed by atoms with E-state index in [1.54, 1.807) is 30.8 Å². The van der Waals surface area contributed by atoms with Gasteiger partial charge in [0.1, 0.15) is 11.6 Å². The monoisotopic (exact) mass is 523 g/mol. The lowest BCUT2D eigenvalue weighted by molar-refractivity contribution is 0.415. The van der Waals surface area contributed by atoms with Crippen LogP contribution in [0, 0.1) is 0 Å². The Morgan fingerprint density at radius 2 is 1.71 bits per heavy atom. The van der Waals surface area contributed by atoms with Gasteiger partial charge in [0, 0.05) is 41.0 Å². The molecule has 5 aromatic rings. The first-order chi connectivity index (χ1) is 18.3. The molecule has 5 rings (SSSR count). The van der Waals surface area contributed by atoms with Crippen molar-refractivity contribution < 1.29 is 4.74 Å². The van der Waals surface area contributed by atoms with Crippen molar-refractivity contribution >= 4 is 27.4 Å². The molecule has 0 aliphatic rings. The smallest absolute Gasteiger partial charge is 0.162 e. The van der Waals surface area contributed by atoms with Gasteiger partial charge in [-0.2, -0.15) is 0 Å². The Morgan fingerprint density at radius 3 is 2.42 bits per heavy atom. The highest BCUT2D eigenvalue weighted by Gasteiger charge is 2.27. The van der Waals surface area contributed by atoms with Crippen molar-refractivity contribution in [2.75, 3.05) is 19.0 Å². The predicted molar refractivity (Wildman–Crippen MR) is 158 cm³/mol. The molecule has 3 N–H and O–H groups in total. The number of ether oxygens (including phenoxy) is 1. The first-order valence-electron chi connectivity index (χ1n) is 12.8. The van der Waals surface area contributed by atoms with Gasteiger partial charge in [0.2, 0.25) is 0 Å². The summed E-state index contributed by atoms with van der Waals surface area (Å²) < 4.78 is 6.58. The number of fused-ring (bicyclic) bond motifs is 1. The van der Waals surface area contributed by atoms with Gasteiger partial charge in [-0.25, -0.2) is 9.97 Å². The van der Waals surface area contributed by atoms with Crippen LogP contribution in [-0.2, 0) is 11.8 Å². The topological polar surface area (TPSA) is 86.0 Å². The fourth-order valence-corrected chi connectivity index (χ4v) is 5.80. The van der Waals surface area contributed by atoms with Gasteiger partial charge >= 0.3 is 0 Å². The molecule has 38 heavy (non-hydrogen) atoms. The van der Waals surface area contributed by atoms with E-state index in [2.05, 4.69) is 55.3 Å². The molecule has 2 aromatic carbocycles. The molecule has 0 amide bonds. The Balaban J connectivity index is 1.64. The maximum Gasteiger partial charge on any atom is 0.162 e. The van der Waals surface area contributed by atoms with Gasteiger partial charge in [0.25, 0.3) is 0 Å². The number of methoxy groups -OCH3 is 1. The van der Waals surface area contributed by atoms with Gasteiger partial charge in [-0.05, 0) is 47.2 Å². The van der Waals surface area contributed by atoms with E-state index < -0.39 is 0 Å². The van der Waals surface area contributed by atoms with E-state index in [0.717, 1.165) is 44.9 Å². The number of benzene rings is 2. The van der Waals surface area contributed by atoms with Crippen molar-refractivity contribution in [1.29, 1.82) is 0 Å². The zero-order valence-corrected chi connectivity index (χ0v) is 23.0. The van der Waals surface area contributed by atoms with Crippen LogP contribution >= 0.6 is 11.3 Å². The maximum atomic E-state index is 6.55. The van der Waals surface area contributed by atoms with E-state index in [1.165, 1.54) is 10.4 Å². The number of pyridine rings is 1. The third kappa shape index (κ3) is 5.54. The molecular formula is C31H33N5OS. The van der Waals surface area contributed by atoms with E-state index in [4.69, 9.17) is 20.4 Å². The van der Waals surface area contributed by atoms with Crippen LogP contribution in [0.3, 0.4) is 0 Å². The lowest BCUT2D eigenvalue weighted by atomic mass is 9.89. The molecule has 0 unspecified atom stereocenters. The number of anilines is 1. The molecule has 0 saturated heterocycles. The molecule has 1 atom stereocenters. The summed E-state index contributed by atoms with van der Waals surface area (Å²) in [4.78, 5) is 15.5. The van der Waals surface area contributed by atoms with Gasteiger partial charge in [-0.3, -0.25) is 4.98 Å². The van der Waals surface area contributed by atoms with Gasteiger partial charge in [-0.1, -0.05) is 63.2 Å². The first-order valence-corrected chi connectivity index (χ1v) is 13.6. The molecular weight excluding hydrogens is 490 g/mol. The number of nitrogens with one attached hydrogen (secondary N) is 1. The second-order valence-corrected chi connectivity index (χ2v) is 11.4. The minimum absolute atomic E-state index is 0.0632. The van der Waals surface area contributed by atoms with Crippen LogP contribution in [0.15, 0.2) is 79.1 Å². The summed E-state index contributed by atoms with van der Waals surface area (Å²) in [5.41, 5.74) is 11.7. The van der Waals surface area contributed by atoms with Crippen LogP contribution in [0.2, 0.25) is 0 Å². The number of nitrogens with zero attached hydrogens (tertiary/aromatic N) is 3. The van der Waals surface area contributed by atoms with Crippen molar-refractivity contribution in [2.24, 2.45) is 5.73 Å². The quantitative estimate of drug-likeness (QED) is 0.235. The van der Waals surface area contributed by atoms with E-state index in [1.807, 2.05) is 42.5 Å². The molecule has 3 heterocycles. The van der Waals surface area contributed by atoms with Crippen molar-refractivity contribution in [2.45, 2.75) is 38.6 Å². The molecule has 7 heteroatoms. The molecule has 194 valence electrons. The Bertz CT molecular complexity index is 1530. The fourth-order valence-electron chi connectivity index (χ4n) is 4.52. The number of hydrogen-bond acceptors (Lipinski definition) is 7. The van der Waals surface area contributed by atoms with Gasteiger partial charge < -0.3 is 15.8 Å². The third-order valence-electron chi connectivity index (χ3n) is 6.38. The Morgan fingerprint density at radius 1 is 0.947 bits per heavy atom. The zero-order valence-electron chi connectivity index (χ0n) is 22.2. The van der Waals surface area contributed by atoms with Gasteiger partial charge in [0.15, 0.2) is 5.82 Å². The lowest BCUT2D eigenvalue weighted by Crippen LogP contribution is -2.31. The number of hydrogen-bond donors (Lipinski definition) is 2. The average molecular weight is 524 g/mol. The predicted octanol–water partition coefficient (Wildman–Crippen LogP) is 6.71. The third-order valence-corrected chi connectivity index (χ3v) is 8.00. The molecule has 0 aliphatic heterocycles. The number of rotatable bonds is 8. The summed E-state index contributed by atoms with van der Waals surface area (Å²) in [6, 6.07) is 22.3. The van der Waals surface area contributed by atoms with Crippen LogP contribution in [0.5, 0.6) is 5.75 Å². The minimum atomic E-state index is -0.0956. The summed E-state index contributed by atoms with van der Waals surface area (Å²) in [6.45, 7) is 7.30. The summed E-state index contributed by atoms with van der Waals surface area (Å²) >= 11 is 1.74. The van der Waals surface area contributed by atoms with Crippen LogP contribution in [0.4, 0.5) is 5.82 Å². The lowest BCUT2D eigenvalue weighted by Gasteiger charge is -2.19. The number of aromatic nitrogens is 3. The van der Waals surface area contributed by atoms with Crippen molar-refractivity contribution in [1.82, 2.24) is 15.0 Å². The fraction of sp³-hybridized carbons (Fsp3) is 0.258. The molecule has 0 radical (unpaired) electrons. The van der Waals surface area contributed by atoms with Crippen LogP contribution in [0.1, 0.15) is 31.2 Å². The molecule has 3 aromatic heterocycles. The summed E-state index contributed by atoms with van der Waals surface area (Å²) in [5, 5.41) is 3.58. The van der Waals surface area contributed by atoms with E-state index >= 15 is 0 Å². The zero-order chi connectivity index (χ0) is 26.7. The number of thiophene rings is 1. The normalized spacial score (nSPS) is 12.4. The SMILES string of the molecule is COc1cccc(-c2c(C(C)(C)C)sc3c(NC[C@@H](N)Cc4ccccc4)nc(-c4ccncc4)nc23)c1. The minimum Gasteiger partial charge on any atom is -0.497 e. The van der Waals surface area contributed by atoms with Crippen LogP contribution in [-0.4, -0.2) is 34.6 Å². The maximum absolute atomic E-state index is 6.55. The Hall–Kier alpha value is -3.81. The van der Waals surface area contributed by atoms with Crippen LogP contribution in [0.25, 0.3) is 32.7 Å². The summed E-state index contributed by atoms with van der Waals surface area (Å²) in [7, 11) is 1.69. The van der Waals surface area contributed by atoms with E-state index in [0.29, 0.717) is 12.4 Å². The Labute approximate surface area is 228 Å². The van der Waals surface area contributed by atoms with Gasteiger partial charge in [-0.15, -0.1) is 11.3 Å². The summed E-state index contributed by atoms with van der Waals surface area (Å²) in [5.74, 6) is 2.27. The molecule has 0 fully saturated rings. The second-order valence-electron chi connectivity index (χ2n) is 10.4. The van der Waals surface area contributed by atoms with Gasteiger partial charge in [0.05, 0.1) is 17.3 Å². The van der Waals surface area contributed by atoms with Crippen molar-refractivity contribution in [3.63, 3.8) is 0 Å². The molecule has 0 bridgehead atoms.